The summed E-state index contributed by atoms with van der Waals surface area (Å²) in [5.74, 6) is 0.371. The largest absolute Gasteiger partial charge is 0.506 e. The minimum absolute atomic E-state index is 0.0919. The van der Waals surface area contributed by atoms with Crippen LogP contribution < -0.4 is 4.74 Å². The number of phenols is 1. The van der Waals surface area contributed by atoms with Crippen molar-refractivity contribution in [3.63, 3.8) is 0 Å². The van der Waals surface area contributed by atoms with Crippen LogP contribution in [0.15, 0.2) is 34.8 Å². The van der Waals surface area contributed by atoms with Gasteiger partial charge in [-0.3, -0.25) is 0 Å². The molecule has 0 saturated heterocycles. The molecule has 4 heteroatoms. The quantitative estimate of drug-likeness (QED) is 0.825. The van der Waals surface area contributed by atoms with Gasteiger partial charge in [-0.25, -0.2) is 4.39 Å². The molecule has 2 aromatic carbocycles. The molecule has 3 rings (SSSR count). The number of benzene rings is 2. The lowest BCUT2D eigenvalue weighted by Crippen LogP contribution is -1.85. The molecular formula is C16H12BrFO2. The molecule has 20 heavy (non-hydrogen) atoms. The lowest BCUT2D eigenvalue weighted by molar-refractivity contribution is 0.357. The zero-order valence-electron chi connectivity index (χ0n) is 10.6. The highest BCUT2D eigenvalue weighted by molar-refractivity contribution is 9.10. The van der Waals surface area contributed by atoms with Gasteiger partial charge in [0, 0.05) is 6.42 Å². The Balaban J connectivity index is 1.93. The Hall–Kier alpha value is -1.81. The third-order valence-electron chi connectivity index (χ3n) is 3.27. The van der Waals surface area contributed by atoms with Crippen molar-refractivity contribution in [1.82, 2.24) is 0 Å². The van der Waals surface area contributed by atoms with E-state index in [1.54, 1.807) is 12.2 Å². The van der Waals surface area contributed by atoms with E-state index in [0.717, 1.165) is 23.3 Å². The molecule has 1 heterocycles. The van der Waals surface area contributed by atoms with E-state index in [1.165, 1.54) is 12.1 Å². The standard InChI is InChI=1S/C16H12BrFO2/c17-13-4-5-14(18)12(16(13)19)3-1-10-2-6-15-11(9-10)7-8-20-15/h1-6,9,19H,7-8H2. The third kappa shape index (κ3) is 2.43. The van der Waals surface area contributed by atoms with Gasteiger partial charge in [0.1, 0.15) is 17.3 Å². The monoisotopic (exact) mass is 334 g/mol. The summed E-state index contributed by atoms with van der Waals surface area (Å²) in [5.41, 5.74) is 2.29. The van der Waals surface area contributed by atoms with Crippen LogP contribution >= 0.6 is 15.9 Å². The normalized spacial score (nSPS) is 13.5. The summed E-state index contributed by atoms with van der Waals surface area (Å²) in [6.45, 7) is 0.712. The van der Waals surface area contributed by atoms with Gasteiger partial charge in [0.05, 0.1) is 16.6 Å². The maximum Gasteiger partial charge on any atom is 0.139 e. The molecule has 0 amide bonds. The Morgan fingerprint density at radius 2 is 2.05 bits per heavy atom. The van der Waals surface area contributed by atoms with Crippen LogP contribution in [-0.4, -0.2) is 11.7 Å². The molecule has 0 bridgehead atoms. The van der Waals surface area contributed by atoms with Gasteiger partial charge >= 0.3 is 0 Å². The van der Waals surface area contributed by atoms with Crippen LogP contribution in [0.5, 0.6) is 11.5 Å². The Kier molecular flexibility index (Phi) is 3.49. The number of hydrogen-bond donors (Lipinski definition) is 1. The van der Waals surface area contributed by atoms with Crippen molar-refractivity contribution in [2.45, 2.75) is 6.42 Å². The van der Waals surface area contributed by atoms with Gasteiger partial charge in [-0.2, -0.15) is 0 Å². The summed E-state index contributed by atoms with van der Waals surface area (Å²) in [6, 6.07) is 8.65. The molecule has 0 radical (unpaired) electrons. The van der Waals surface area contributed by atoms with E-state index in [0.29, 0.717) is 11.1 Å². The Bertz CT molecular complexity index is 695. The van der Waals surface area contributed by atoms with Gasteiger partial charge in [0.25, 0.3) is 0 Å². The second kappa shape index (κ2) is 5.29. The Morgan fingerprint density at radius 1 is 1.20 bits per heavy atom. The van der Waals surface area contributed by atoms with E-state index in [1.807, 2.05) is 18.2 Å². The highest BCUT2D eigenvalue weighted by Crippen LogP contribution is 2.32. The summed E-state index contributed by atoms with van der Waals surface area (Å²) in [7, 11) is 0. The van der Waals surface area contributed by atoms with Gasteiger partial charge in [-0.1, -0.05) is 12.1 Å². The Labute approximate surface area is 124 Å². The smallest absolute Gasteiger partial charge is 0.139 e. The number of fused-ring (bicyclic) bond motifs is 1. The van der Waals surface area contributed by atoms with Crippen LogP contribution in [0, 0.1) is 5.82 Å². The lowest BCUT2D eigenvalue weighted by Gasteiger charge is -2.04. The predicted octanol–water partition coefficient (Wildman–Crippen LogP) is 4.40. The van der Waals surface area contributed by atoms with Crippen LogP contribution in [0.4, 0.5) is 4.39 Å². The SMILES string of the molecule is Oc1c(Br)ccc(F)c1C=Cc1ccc2c(c1)CCO2. The molecule has 0 saturated carbocycles. The average Bonchev–Trinajstić information content (AvgIpc) is 2.90. The van der Waals surface area contributed by atoms with Crippen LogP contribution in [0.3, 0.4) is 0 Å². The predicted molar refractivity (Wildman–Crippen MR) is 80.3 cm³/mol. The zero-order valence-corrected chi connectivity index (χ0v) is 12.2. The van der Waals surface area contributed by atoms with Crippen LogP contribution in [-0.2, 0) is 6.42 Å². The highest BCUT2D eigenvalue weighted by Gasteiger charge is 2.12. The summed E-state index contributed by atoms with van der Waals surface area (Å²) < 4.78 is 19.6. The molecule has 0 fully saturated rings. The summed E-state index contributed by atoms with van der Waals surface area (Å²) in [6.07, 6.45) is 4.25. The number of hydrogen-bond acceptors (Lipinski definition) is 2. The summed E-state index contributed by atoms with van der Waals surface area (Å²) in [5, 5.41) is 9.85. The van der Waals surface area contributed by atoms with E-state index < -0.39 is 5.82 Å². The molecule has 1 N–H and O–H groups in total. The zero-order chi connectivity index (χ0) is 14.1. The average molecular weight is 335 g/mol. The minimum Gasteiger partial charge on any atom is -0.506 e. The van der Waals surface area contributed by atoms with E-state index >= 15 is 0 Å². The van der Waals surface area contributed by atoms with E-state index in [2.05, 4.69) is 15.9 Å². The summed E-state index contributed by atoms with van der Waals surface area (Å²) in [4.78, 5) is 0. The number of halogens is 2. The lowest BCUT2D eigenvalue weighted by atomic mass is 10.1. The molecule has 0 aliphatic carbocycles. The Morgan fingerprint density at radius 3 is 2.90 bits per heavy atom. The molecule has 2 nitrogen and oxygen atoms in total. The molecule has 2 aromatic rings. The topological polar surface area (TPSA) is 29.5 Å². The van der Waals surface area contributed by atoms with Crippen LogP contribution in [0.25, 0.3) is 12.2 Å². The van der Waals surface area contributed by atoms with Crippen molar-refractivity contribution in [2.24, 2.45) is 0 Å². The first kappa shape index (κ1) is 13.2. The van der Waals surface area contributed by atoms with Gasteiger partial charge in [0.15, 0.2) is 0 Å². The van der Waals surface area contributed by atoms with E-state index in [4.69, 9.17) is 4.74 Å². The molecule has 102 valence electrons. The second-order valence-corrected chi connectivity index (χ2v) is 5.44. The molecule has 0 aromatic heterocycles. The van der Waals surface area contributed by atoms with Crippen molar-refractivity contribution in [1.29, 1.82) is 0 Å². The number of phenolic OH excluding ortho intramolecular Hbond substituents is 1. The van der Waals surface area contributed by atoms with E-state index in [9.17, 15) is 9.50 Å². The van der Waals surface area contributed by atoms with Gasteiger partial charge in [0.2, 0.25) is 0 Å². The number of ether oxygens (including phenoxy) is 1. The fraction of sp³-hybridized carbons (Fsp3) is 0.125. The van der Waals surface area contributed by atoms with Gasteiger partial charge in [-0.15, -0.1) is 0 Å². The first-order valence-electron chi connectivity index (χ1n) is 6.26. The van der Waals surface area contributed by atoms with Crippen LogP contribution in [0.1, 0.15) is 16.7 Å². The fourth-order valence-electron chi connectivity index (χ4n) is 2.21. The van der Waals surface area contributed by atoms with Gasteiger partial charge < -0.3 is 9.84 Å². The maximum absolute atomic E-state index is 13.7. The minimum atomic E-state index is -0.452. The van der Waals surface area contributed by atoms with E-state index in [-0.39, 0.29) is 11.3 Å². The highest BCUT2D eigenvalue weighted by atomic mass is 79.9. The molecular weight excluding hydrogens is 323 g/mol. The first-order chi connectivity index (χ1) is 9.65. The molecule has 1 aliphatic rings. The maximum atomic E-state index is 13.7. The van der Waals surface area contributed by atoms with Crippen molar-refractivity contribution in [3.8, 4) is 11.5 Å². The summed E-state index contributed by atoms with van der Waals surface area (Å²) >= 11 is 3.18. The molecule has 1 aliphatic heterocycles. The van der Waals surface area contributed by atoms with Crippen molar-refractivity contribution in [3.05, 3.63) is 57.3 Å². The fourth-order valence-corrected chi connectivity index (χ4v) is 2.55. The second-order valence-electron chi connectivity index (χ2n) is 4.59. The number of rotatable bonds is 2. The first-order valence-corrected chi connectivity index (χ1v) is 7.05. The number of aromatic hydroxyl groups is 1. The third-order valence-corrected chi connectivity index (χ3v) is 3.91. The molecule has 0 unspecified atom stereocenters. The van der Waals surface area contributed by atoms with Crippen molar-refractivity contribution < 1.29 is 14.2 Å². The molecule has 0 spiro atoms. The van der Waals surface area contributed by atoms with Crippen molar-refractivity contribution in [2.75, 3.05) is 6.61 Å². The van der Waals surface area contributed by atoms with Gasteiger partial charge in [-0.05, 0) is 57.4 Å². The molecule has 0 atom stereocenters. The van der Waals surface area contributed by atoms with Crippen LogP contribution in [0.2, 0.25) is 0 Å². The van der Waals surface area contributed by atoms with Crippen molar-refractivity contribution >= 4 is 28.1 Å².